The first-order chi connectivity index (χ1) is 15.8. The number of anilines is 1. The molecule has 3 aromatic rings. The van der Waals surface area contributed by atoms with E-state index < -0.39 is 0 Å². The molecule has 2 aromatic carbocycles. The van der Waals surface area contributed by atoms with Gasteiger partial charge in [0.15, 0.2) is 0 Å². The van der Waals surface area contributed by atoms with E-state index in [1.807, 2.05) is 30.1 Å². The van der Waals surface area contributed by atoms with Crippen LogP contribution in [0.3, 0.4) is 0 Å². The summed E-state index contributed by atoms with van der Waals surface area (Å²) in [6.07, 6.45) is 2.93. The molecule has 2 heterocycles. The Hall–Kier alpha value is -2.57. The third-order valence-corrected chi connectivity index (χ3v) is 6.78. The van der Waals surface area contributed by atoms with Gasteiger partial charge < -0.3 is 19.7 Å². The first kappa shape index (κ1) is 23.6. The van der Waals surface area contributed by atoms with Crippen molar-refractivity contribution in [3.8, 4) is 11.4 Å². The van der Waals surface area contributed by atoms with E-state index in [1.165, 1.54) is 5.56 Å². The Bertz CT molecular complexity index is 1130. The average molecular weight is 468 g/mol. The Morgan fingerprint density at radius 3 is 2.79 bits per heavy atom. The van der Waals surface area contributed by atoms with Crippen molar-refractivity contribution in [3.63, 3.8) is 0 Å². The Kier molecular flexibility index (Phi) is 7.25. The quantitative estimate of drug-likeness (QED) is 0.541. The lowest BCUT2D eigenvalue weighted by molar-refractivity contribution is -0.134. The van der Waals surface area contributed by atoms with Gasteiger partial charge in [0.1, 0.15) is 5.82 Å². The number of aromatic nitrogens is 2. The molecule has 6 nitrogen and oxygen atoms in total. The fourth-order valence-electron chi connectivity index (χ4n) is 4.60. The molecule has 0 radical (unpaired) electrons. The monoisotopic (exact) mass is 467 g/mol. The number of halogens is 1. The number of benzene rings is 2. The van der Waals surface area contributed by atoms with Gasteiger partial charge in [0.2, 0.25) is 5.91 Å². The maximum Gasteiger partial charge on any atom is 0.227 e. The minimum Gasteiger partial charge on any atom is -0.371 e. The van der Waals surface area contributed by atoms with Gasteiger partial charge in [-0.05, 0) is 82.7 Å². The number of rotatable bonds is 7. The zero-order valence-corrected chi connectivity index (χ0v) is 20.8. The number of carbonyl (C=O) groups excluding carboxylic acids is 1. The largest absolute Gasteiger partial charge is 0.371 e. The number of fused-ring (bicyclic) bond motifs is 1. The number of hydrogen-bond donors (Lipinski definition) is 1. The molecule has 7 heteroatoms. The number of nitrogens with zero attached hydrogens (tertiary/aromatic N) is 4. The molecule has 1 aromatic heterocycles. The highest BCUT2D eigenvalue weighted by atomic mass is 35.5. The zero-order valence-electron chi connectivity index (χ0n) is 20.1. The molecule has 1 N–H and O–H groups in total. The van der Waals surface area contributed by atoms with Gasteiger partial charge in [-0.1, -0.05) is 17.7 Å². The molecule has 1 saturated heterocycles. The van der Waals surface area contributed by atoms with Crippen LogP contribution >= 0.6 is 11.6 Å². The highest BCUT2D eigenvalue weighted by Crippen LogP contribution is 2.33. The van der Waals surface area contributed by atoms with Gasteiger partial charge in [-0.2, -0.15) is 0 Å². The van der Waals surface area contributed by atoms with Crippen LogP contribution in [0.4, 0.5) is 5.69 Å². The van der Waals surface area contributed by atoms with E-state index in [4.69, 9.17) is 16.6 Å². The first-order valence-electron chi connectivity index (χ1n) is 11.7. The molecule has 1 atom stereocenters. The van der Waals surface area contributed by atoms with Crippen LogP contribution in [-0.4, -0.2) is 73.0 Å². The predicted octanol–water partition coefficient (Wildman–Crippen LogP) is 4.82. The number of aromatic amines is 1. The van der Waals surface area contributed by atoms with Gasteiger partial charge in [-0.3, -0.25) is 4.79 Å². The van der Waals surface area contributed by atoms with Crippen molar-refractivity contribution in [3.05, 3.63) is 47.0 Å². The van der Waals surface area contributed by atoms with Crippen molar-refractivity contribution in [1.29, 1.82) is 0 Å². The van der Waals surface area contributed by atoms with Gasteiger partial charge in [0.05, 0.1) is 22.0 Å². The van der Waals surface area contributed by atoms with Gasteiger partial charge in [-0.15, -0.1) is 0 Å². The van der Waals surface area contributed by atoms with Crippen LogP contribution in [0.2, 0.25) is 5.02 Å². The van der Waals surface area contributed by atoms with Gasteiger partial charge in [-0.25, -0.2) is 4.98 Å². The number of imidazole rings is 1. The van der Waals surface area contributed by atoms with Crippen LogP contribution in [-0.2, 0) is 4.79 Å². The van der Waals surface area contributed by atoms with Crippen molar-refractivity contribution in [2.45, 2.75) is 26.2 Å². The number of H-pyrrole nitrogens is 1. The first-order valence-corrected chi connectivity index (χ1v) is 12.1. The fourth-order valence-corrected chi connectivity index (χ4v) is 4.81. The van der Waals surface area contributed by atoms with Gasteiger partial charge in [0.25, 0.3) is 0 Å². The molecule has 0 spiro atoms. The molecule has 0 aliphatic carbocycles. The molecule has 1 fully saturated rings. The van der Waals surface area contributed by atoms with Crippen molar-refractivity contribution in [2.75, 3.05) is 52.2 Å². The lowest BCUT2D eigenvalue weighted by atomic mass is 9.95. The summed E-state index contributed by atoms with van der Waals surface area (Å²) in [4.78, 5) is 27.6. The Morgan fingerprint density at radius 1 is 1.18 bits per heavy atom. The summed E-state index contributed by atoms with van der Waals surface area (Å²) in [6.45, 7) is 5.53. The van der Waals surface area contributed by atoms with Crippen LogP contribution in [0.15, 0.2) is 36.4 Å². The van der Waals surface area contributed by atoms with Crippen LogP contribution < -0.4 is 4.90 Å². The number of nitrogens with one attached hydrogen (secondary N) is 1. The van der Waals surface area contributed by atoms with Crippen LogP contribution in [0.25, 0.3) is 22.4 Å². The molecular weight excluding hydrogens is 434 g/mol. The van der Waals surface area contributed by atoms with Crippen LogP contribution in [0.1, 0.15) is 24.8 Å². The number of piperidine rings is 1. The minimum absolute atomic E-state index is 0.0245. The number of amides is 1. The topological polar surface area (TPSA) is 55.5 Å². The summed E-state index contributed by atoms with van der Waals surface area (Å²) in [5, 5.41) is 0.666. The molecule has 0 bridgehead atoms. The summed E-state index contributed by atoms with van der Waals surface area (Å²) >= 11 is 6.58. The molecule has 4 rings (SSSR count). The molecule has 1 unspecified atom stereocenters. The average Bonchev–Trinajstić information content (AvgIpc) is 3.21. The van der Waals surface area contributed by atoms with Crippen LogP contribution in [0.5, 0.6) is 0 Å². The van der Waals surface area contributed by atoms with E-state index in [1.54, 1.807) is 0 Å². The highest BCUT2D eigenvalue weighted by molar-refractivity contribution is 6.33. The number of carbonyl (C=O) groups is 1. The third-order valence-electron chi connectivity index (χ3n) is 6.45. The summed E-state index contributed by atoms with van der Waals surface area (Å²) < 4.78 is 0. The number of aryl methyl sites for hydroxylation is 1. The second-order valence-electron chi connectivity index (χ2n) is 9.47. The summed E-state index contributed by atoms with van der Waals surface area (Å²) in [5.74, 6) is 1.05. The normalized spacial score (nSPS) is 16.5. The Balaban J connectivity index is 1.50. The molecular formula is C26H34ClN5O. The van der Waals surface area contributed by atoms with E-state index in [0.717, 1.165) is 73.6 Å². The summed E-state index contributed by atoms with van der Waals surface area (Å²) in [6, 6.07) is 12.3. The third kappa shape index (κ3) is 5.50. The highest BCUT2D eigenvalue weighted by Gasteiger charge is 2.28. The predicted molar refractivity (Wildman–Crippen MR) is 137 cm³/mol. The SMILES string of the molecule is Cc1ccc2nc(-c3cc(N4CCCC(C(=O)N(C)CCCN(C)C)C4)ccc3Cl)[nH]c2c1. The Morgan fingerprint density at radius 2 is 2.00 bits per heavy atom. The van der Waals surface area contributed by atoms with Gasteiger partial charge >= 0.3 is 0 Å². The van der Waals surface area contributed by atoms with E-state index in [9.17, 15) is 4.79 Å². The fraction of sp³-hybridized carbons (Fsp3) is 0.462. The maximum atomic E-state index is 13.1. The van der Waals surface area contributed by atoms with Crippen molar-refractivity contribution in [2.24, 2.45) is 5.92 Å². The Labute approximate surface area is 201 Å². The molecule has 1 amide bonds. The van der Waals surface area contributed by atoms with E-state index >= 15 is 0 Å². The summed E-state index contributed by atoms with van der Waals surface area (Å²) in [7, 11) is 6.06. The van der Waals surface area contributed by atoms with Crippen molar-refractivity contribution in [1.82, 2.24) is 19.8 Å². The number of hydrogen-bond acceptors (Lipinski definition) is 4. The standard InChI is InChI=1S/C26H34ClN5O/c1-18-8-11-23-24(15-18)29-25(28-23)21-16-20(9-10-22(21)27)32-14-5-7-19(17-32)26(33)31(4)13-6-12-30(2)3/h8-11,15-16,19H,5-7,12-14,17H2,1-4H3,(H,28,29). The van der Waals surface area contributed by atoms with E-state index in [2.05, 4.69) is 54.0 Å². The van der Waals surface area contributed by atoms with Crippen LogP contribution in [0, 0.1) is 12.8 Å². The molecule has 1 aliphatic rings. The zero-order chi connectivity index (χ0) is 23.5. The summed E-state index contributed by atoms with van der Waals surface area (Å²) in [5.41, 5.74) is 5.09. The minimum atomic E-state index is 0.0245. The molecule has 1 aliphatic heterocycles. The molecule has 0 saturated carbocycles. The van der Waals surface area contributed by atoms with E-state index in [0.29, 0.717) is 5.02 Å². The lowest BCUT2D eigenvalue weighted by Crippen LogP contribution is -2.44. The van der Waals surface area contributed by atoms with Gasteiger partial charge in [0, 0.05) is 37.9 Å². The van der Waals surface area contributed by atoms with E-state index in [-0.39, 0.29) is 11.8 Å². The van der Waals surface area contributed by atoms with Crippen molar-refractivity contribution >= 4 is 34.2 Å². The second kappa shape index (κ2) is 10.1. The smallest absolute Gasteiger partial charge is 0.227 e. The van der Waals surface area contributed by atoms with Crippen molar-refractivity contribution < 1.29 is 4.79 Å². The lowest BCUT2D eigenvalue weighted by Gasteiger charge is -2.35. The second-order valence-corrected chi connectivity index (χ2v) is 9.88. The maximum absolute atomic E-state index is 13.1. The molecule has 176 valence electrons. The molecule has 33 heavy (non-hydrogen) atoms.